The molecule has 1 atom stereocenters. The van der Waals surface area contributed by atoms with Gasteiger partial charge in [-0.2, -0.15) is 0 Å². The van der Waals surface area contributed by atoms with Gasteiger partial charge >= 0.3 is 0 Å². The summed E-state index contributed by atoms with van der Waals surface area (Å²) in [7, 11) is -3.51. The molecule has 1 unspecified atom stereocenters. The van der Waals surface area contributed by atoms with Crippen LogP contribution in [0.1, 0.15) is 59.4 Å². The molecule has 1 amide bonds. The number of nitrogens with zero attached hydrogens (tertiary/aromatic N) is 1. The number of aryl methyl sites for hydroxylation is 2. The van der Waals surface area contributed by atoms with E-state index in [4.69, 9.17) is 9.47 Å². The molecule has 3 aromatic carbocycles. The van der Waals surface area contributed by atoms with Crippen LogP contribution >= 0.6 is 0 Å². The maximum atomic E-state index is 12.9. The first-order valence-corrected chi connectivity index (χ1v) is 14.2. The zero-order valence-electron chi connectivity index (χ0n) is 22.4. The van der Waals surface area contributed by atoms with Gasteiger partial charge in [0.25, 0.3) is 5.91 Å². The third kappa shape index (κ3) is 7.04. The predicted molar refractivity (Wildman–Crippen MR) is 148 cm³/mol. The van der Waals surface area contributed by atoms with E-state index in [0.717, 1.165) is 22.3 Å². The molecule has 198 valence electrons. The lowest BCUT2D eigenvalue weighted by Gasteiger charge is -2.26. The predicted octanol–water partition coefficient (Wildman–Crippen LogP) is 5.56. The topological polar surface area (TPSA) is 84.9 Å². The smallest absolute Gasteiger partial charge is 0.251 e. The highest BCUT2D eigenvalue weighted by Crippen LogP contribution is 2.31. The Labute approximate surface area is 220 Å². The van der Waals surface area contributed by atoms with E-state index in [-0.39, 0.29) is 18.5 Å². The molecule has 0 radical (unpaired) electrons. The van der Waals surface area contributed by atoms with Gasteiger partial charge in [-0.1, -0.05) is 36.4 Å². The van der Waals surface area contributed by atoms with Crippen molar-refractivity contribution in [2.75, 3.05) is 23.8 Å². The second kappa shape index (κ2) is 12.1. The summed E-state index contributed by atoms with van der Waals surface area (Å²) >= 11 is 0. The van der Waals surface area contributed by atoms with E-state index in [1.165, 1.54) is 10.6 Å². The van der Waals surface area contributed by atoms with E-state index in [0.29, 0.717) is 36.0 Å². The fourth-order valence-corrected chi connectivity index (χ4v) is 5.19. The Balaban J connectivity index is 1.75. The highest BCUT2D eigenvalue weighted by atomic mass is 32.2. The van der Waals surface area contributed by atoms with Crippen molar-refractivity contribution in [1.82, 2.24) is 5.32 Å². The maximum Gasteiger partial charge on any atom is 0.251 e. The minimum atomic E-state index is -3.51. The number of hydrogen-bond donors (Lipinski definition) is 1. The van der Waals surface area contributed by atoms with Crippen LogP contribution in [-0.2, 0) is 16.6 Å². The van der Waals surface area contributed by atoms with Gasteiger partial charge in [-0.25, -0.2) is 8.42 Å². The number of hydrogen-bond acceptors (Lipinski definition) is 5. The molecule has 7 nitrogen and oxygen atoms in total. The minimum absolute atomic E-state index is 0.176. The minimum Gasteiger partial charge on any atom is -0.490 e. The molecule has 37 heavy (non-hydrogen) atoms. The largest absolute Gasteiger partial charge is 0.490 e. The second-order valence-electron chi connectivity index (χ2n) is 8.97. The first-order valence-electron chi connectivity index (χ1n) is 12.4. The van der Waals surface area contributed by atoms with Gasteiger partial charge in [0, 0.05) is 5.56 Å². The molecule has 0 aliphatic heterocycles. The van der Waals surface area contributed by atoms with E-state index in [2.05, 4.69) is 5.32 Å². The molecule has 0 bridgehead atoms. The van der Waals surface area contributed by atoms with Gasteiger partial charge in [-0.05, 0) is 81.1 Å². The van der Waals surface area contributed by atoms with Crippen LogP contribution in [0.15, 0.2) is 60.7 Å². The van der Waals surface area contributed by atoms with Crippen molar-refractivity contribution in [3.63, 3.8) is 0 Å². The second-order valence-corrected chi connectivity index (χ2v) is 10.9. The zero-order chi connectivity index (χ0) is 27.2. The van der Waals surface area contributed by atoms with E-state index < -0.39 is 10.0 Å². The summed E-state index contributed by atoms with van der Waals surface area (Å²) in [4.78, 5) is 12.9. The quantitative estimate of drug-likeness (QED) is 0.355. The molecule has 3 rings (SSSR count). The molecule has 0 aromatic heterocycles. The Bertz CT molecular complexity index is 1320. The van der Waals surface area contributed by atoms with Gasteiger partial charge in [-0.15, -0.1) is 0 Å². The maximum absolute atomic E-state index is 12.9. The number of benzene rings is 3. The molecule has 0 spiro atoms. The van der Waals surface area contributed by atoms with E-state index >= 15 is 0 Å². The average Bonchev–Trinajstić information content (AvgIpc) is 2.84. The summed E-state index contributed by atoms with van der Waals surface area (Å²) in [6, 6.07) is 18.1. The fourth-order valence-electron chi connectivity index (χ4n) is 4.19. The summed E-state index contributed by atoms with van der Waals surface area (Å²) in [5.41, 5.74) is 4.63. The first kappa shape index (κ1) is 28.1. The number of sulfonamides is 1. The standard InChI is InChI=1S/C29H36N2O5S/c1-7-35-26-17-16-25(18-27(26)36-8-2)22(5)30-29(32)24-14-12-23(13-15-24)19-31(37(6,33)34)28-20(3)10-9-11-21(28)4/h9-18,22H,7-8,19H2,1-6H3,(H,30,32). The van der Waals surface area contributed by atoms with Crippen LogP contribution in [0.5, 0.6) is 11.5 Å². The van der Waals surface area contributed by atoms with Crippen molar-refractivity contribution in [2.45, 2.75) is 47.2 Å². The Hall–Kier alpha value is -3.52. The van der Waals surface area contributed by atoms with Crippen molar-refractivity contribution in [3.8, 4) is 11.5 Å². The van der Waals surface area contributed by atoms with Gasteiger partial charge in [-0.3, -0.25) is 9.10 Å². The van der Waals surface area contributed by atoms with Crippen LogP contribution < -0.4 is 19.1 Å². The normalized spacial score (nSPS) is 12.1. The van der Waals surface area contributed by atoms with Crippen LogP contribution in [0.4, 0.5) is 5.69 Å². The van der Waals surface area contributed by atoms with Crippen molar-refractivity contribution in [3.05, 3.63) is 88.5 Å². The number of amides is 1. The third-order valence-corrected chi connectivity index (χ3v) is 7.16. The Kier molecular flexibility index (Phi) is 9.21. The number of anilines is 1. The van der Waals surface area contributed by atoms with Gasteiger partial charge in [0.05, 0.1) is 37.7 Å². The Morgan fingerprint density at radius 3 is 2.08 bits per heavy atom. The monoisotopic (exact) mass is 524 g/mol. The molecule has 0 fully saturated rings. The third-order valence-electron chi connectivity index (χ3n) is 6.05. The van der Waals surface area contributed by atoms with Gasteiger partial charge in [0.15, 0.2) is 11.5 Å². The molecule has 1 N–H and O–H groups in total. The van der Waals surface area contributed by atoms with E-state index in [1.807, 2.05) is 71.0 Å². The van der Waals surface area contributed by atoms with Crippen LogP contribution in [0.2, 0.25) is 0 Å². The van der Waals surface area contributed by atoms with Crippen LogP contribution in [-0.4, -0.2) is 33.8 Å². The summed E-state index contributed by atoms with van der Waals surface area (Å²) in [5, 5.41) is 3.02. The summed E-state index contributed by atoms with van der Waals surface area (Å²) in [6.45, 7) is 10.8. The number of para-hydroxylation sites is 1. The Morgan fingerprint density at radius 2 is 1.51 bits per heavy atom. The number of rotatable bonds is 11. The van der Waals surface area contributed by atoms with Crippen molar-refractivity contribution < 1.29 is 22.7 Å². The number of carbonyl (C=O) groups is 1. The Morgan fingerprint density at radius 1 is 0.919 bits per heavy atom. The first-order chi connectivity index (χ1) is 17.5. The van der Waals surface area contributed by atoms with Crippen LogP contribution in [0.3, 0.4) is 0 Å². The molecular weight excluding hydrogens is 488 g/mol. The van der Waals surface area contributed by atoms with E-state index in [1.54, 1.807) is 24.3 Å². The number of carbonyl (C=O) groups excluding carboxylic acids is 1. The van der Waals surface area contributed by atoms with E-state index in [9.17, 15) is 13.2 Å². The molecule has 0 saturated carbocycles. The zero-order valence-corrected chi connectivity index (χ0v) is 23.2. The summed E-state index contributed by atoms with van der Waals surface area (Å²) < 4.78 is 38.0. The van der Waals surface area contributed by atoms with Crippen molar-refractivity contribution >= 4 is 21.6 Å². The van der Waals surface area contributed by atoms with Crippen LogP contribution in [0.25, 0.3) is 0 Å². The van der Waals surface area contributed by atoms with Crippen molar-refractivity contribution in [2.24, 2.45) is 0 Å². The molecule has 8 heteroatoms. The van der Waals surface area contributed by atoms with Gasteiger partial charge in [0.2, 0.25) is 10.0 Å². The lowest BCUT2D eigenvalue weighted by atomic mass is 10.1. The van der Waals surface area contributed by atoms with Crippen LogP contribution in [0, 0.1) is 13.8 Å². The molecule has 0 aliphatic rings. The summed E-state index contributed by atoms with van der Waals surface area (Å²) in [5.74, 6) is 1.10. The highest BCUT2D eigenvalue weighted by Gasteiger charge is 2.22. The average molecular weight is 525 g/mol. The summed E-state index contributed by atoms with van der Waals surface area (Å²) in [6.07, 6.45) is 1.21. The molecule has 0 saturated heterocycles. The number of nitrogens with one attached hydrogen (secondary N) is 1. The molecule has 0 aliphatic carbocycles. The molecule has 0 heterocycles. The highest BCUT2D eigenvalue weighted by molar-refractivity contribution is 7.92. The van der Waals surface area contributed by atoms with Gasteiger partial charge in [0.1, 0.15) is 0 Å². The molecule has 3 aromatic rings. The van der Waals surface area contributed by atoms with Gasteiger partial charge < -0.3 is 14.8 Å². The lowest BCUT2D eigenvalue weighted by Crippen LogP contribution is -2.30. The lowest BCUT2D eigenvalue weighted by molar-refractivity contribution is 0.0939. The fraction of sp³-hybridized carbons (Fsp3) is 0.345. The SMILES string of the molecule is CCOc1ccc(C(C)NC(=O)c2ccc(CN(c3c(C)cccc3C)S(C)(=O)=O)cc2)cc1OCC. The number of ether oxygens (including phenoxy) is 2. The molecular formula is C29H36N2O5S. The van der Waals surface area contributed by atoms with Crippen molar-refractivity contribution in [1.29, 1.82) is 0 Å².